The number of esters is 2. The molecule has 0 radical (unpaired) electrons. The third kappa shape index (κ3) is 4.45. The fraction of sp³-hybridized carbons (Fsp3) is 0.679. The SMILES string of the molecule is C[C@@]12C(=O)O[C@]3(CC[C@@H]1O)[C@@H]1CC[C@H]4C[C@]1(C[C@@H]4CS(=O)CCOC(=O)c1cc(I)c(N=[N+]=[N-])c(I)c1O)[C@@H](C(=O)O)[C@@H]32. The number of phenolic OH excluding ortho intramolecular Hbond substituents is 1. The summed E-state index contributed by atoms with van der Waals surface area (Å²) in [5.41, 5.74) is 6.16. The van der Waals surface area contributed by atoms with Crippen LogP contribution in [0.3, 0.4) is 0 Å². The molecule has 1 aliphatic heterocycles. The van der Waals surface area contributed by atoms with Crippen LogP contribution in [0, 0.1) is 47.6 Å². The van der Waals surface area contributed by atoms with Gasteiger partial charge in [0.15, 0.2) is 0 Å². The molecule has 4 bridgehead atoms. The van der Waals surface area contributed by atoms with Crippen LogP contribution in [0.1, 0.15) is 55.8 Å². The number of aliphatic hydroxyl groups is 1. The van der Waals surface area contributed by atoms with E-state index in [2.05, 4.69) is 10.0 Å². The molecular weight excluding hydrogens is 808 g/mol. The summed E-state index contributed by atoms with van der Waals surface area (Å²) in [6.45, 7) is 1.54. The summed E-state index contributed by atoms with van der Waals surface area (Å²) >= 11 is 3.68. The van der Waals surface area contributed by atoms with Gasteiger partial charge < -0.3 is 24.8 Å². The number of azide groups is 1. The first-order valence-electron chi connectivity index (χ1n) is 14.2. The molecule has 43 heavy (non-hydrogen) atoms. The van der Waals surface area contributed by atoms with E-state index in [4.69, 9.17) is 15.0 Å². The number of hydrogen-bond acceptors (Lipinski definition) is 9. The number of carbonyl (C=O) groups excluding carboxylic acids is 2. The maximum Gasteiger partial charge on any atom is 0.342 e. The monoisotopic (exact) mass is 839 g/mol. The van der Waals surface area contributed by atoms with E-state index in [1.807, 2.05) is 22.6 Å². The maximum atomic E-state index is 13.2. The summed E-state index contributed by atoms with van der Waals surface area (Å²) in [5, 5.41) is 35.5. The van der Waals surface area contributed by atoms with Gasteiger partial charge in [-0.15, -0.1) is 0 Å². The highest BCUT2D eigenvalue weighted by Crippen LogP contribution is 2.78. The van der Waals surface area contributed by atoms with Crippen LogP contribution in [0.4, 0.5) is 5.69 Å². The minimum Gasteiger partial charge on any atom is -0.506 e. The number of fused-ring (bicyclic) bond motifs is 1. The molecule has 1 unspecified atom stereocenters. The molecule has 15 heteroatoms. The number of hydrogen-bond donors (Lipinski definition) is 3. The topological polar surface area (TPSA) is 196 Å². The molecule has 1 aromatic carbocycles. The Bertz CT molecular complexity index is 1500. The molecular formula is C28H31I2N3O9S. The molecule has 1 heterocycles. The standard InChI is InChI=1S/C28H31I2N3O9S/c1-26-17(34)4-5-28(42-25(26)39)16-3-2-12-9-27(16,18(22(26)28)23(36)37)10-13(12)11-43(40)7-6-41-24(38)14-8-15(29)20(32-33-31)19(30)21(14)35/h8,12-13,16-18,22,34-35H,2-7,9-11H2,1H3,(H,36,37)/t12-,13+,16+,17-,18+,22+,26+,27+,28+,43?/m0/s1. The third-order valence-electron chi connectivity index (χ3n) is 11.2. The molecule has 1 saturated heterocycles. The molecule has 12 nitrogen and oxygen atoms in total. The molecule has 0 aromatic heterocycles. The van der Waals surface area contributed by atoms with Gasteiger partial charge in [-0.2, -0.15) is 0 Å². The zero-order valence-electron chi connectivity index (χ0n) is 23.2. The summed E-state index contributed by atoms with van der Waals surface area (Å²) in [5.74, 6) is -3.44. The summed E-state index contributed by atoms with van der Waals surface area (Å²) < 4.78 is 25.4. The lowest BCUT2D eigenvalue weighted by atomic mass is 9.59. The van der Waals surface area contributed by atoms with Crippen LogP contribution >= 0.6 is 45.2 Å². The van der Waals surface area contributed by atoms with E-state index in [-0.39, 0.29) is 50.7 Å². The van der Waals surface area contributed by atoms with Crippen molar-refractivity contribution >= 4 is 79.6 Å². The number of halogens is 2. The molecule has 0 amide bonds. The normalized spacial score (nSPS) is 39.3. The Kier molecular flexibility index (Phi) is 7.99. The van der Waals surface area contributed by atoms with Crippen molar-refractivity contribution in [1.82, 2.24) is 0 Å². The van der Waals surface area contributed by atoms with E-state index in [0.717, 1.165) is 12.8 Å². The van der Waals surface area contributed by atoms with Gasteiger partial charge in [-0.3, -0.25) is 13.8 Å². The zero-order chi connectivity index (χ0) is 31.1. The van der Waals surface area contributed by atoms with Crippen molar-refractivity contribution in [1.29, 1.82) is 0 Å². The number of phenols is 1. The van der Waals surface area contributed by atoms with Gasteiger partial charge in [0.25, 0.3) is 0 Å². The van der Waals surface area contributed by atoms with Gasteiger partial charge in [0.1, 0.15) is 23.5 Å². The van der Waals surface area contributed by atoms with Gasteiger partial charge >= 0.3 is 17.9 Å². The van der Waals surface area contributed by atoms with Gasteiger partial charge in [0.05, 0.1) is 32.4 Å². The van der Waals surface area contributed by atoms with Crippen LogP contribution in [-0.2, 0) is 29.9 Å². The third-order valence-corrected chi connectivity index (χ3v) is 14.4. The van der Waals surface area contributed by atoms with Gasteiger partial charge in [-0.25, -0.2) is 4.79 Å². The number of rotatable bonds is 8. The number of ether oxygens (including phenoxy) is 2. The Balaban J connectivity index is 1.14. The summed E-state index contributed by atoms with van der Waals surface area (Å²) in [6.07, 6.45) is 2.76. The highest BCUT2D eigenvalue weighted by atomic mass is 127. The Morgan fingerprint density at radius 3 is 2.72 bits per heavy atom. The minimum absolute atomic E-state index is 0.0207. The number of aromatic hydroxyl groups is 1. The molecule has 3 N–H and O–H groups in total. The van der Waals surface area contributed by atoms with Crippen LogP contribution in [0.5, 0.6) is 5.75 Å². The summed E-state index contributed by atoms with van der Waals surface area (Å²) in [7, 11) is -1.35. The number of carbonyl (C=O) groups is 3. The first-order valence-corrected chi connectivity index (χ1v) is 17.9. The van der Waals surface area contributed by atoms with Crippen molar-refractivity contribution in [3.05, 3.63) is 29.2 Å². The van der Waals surface area contributed by atoms with Crippen molar-refractivity contribution in [3.63, 3.8) is 0 Å². The molecule has 5 fully saturated rings. The van der Waals surface area contributed by atoms with Gasteiger partial charge in [-0.05, 0) is 119 Å². The first kappa shape index (κ1) is 31.3. The lowest BCUT2D eigenvalue weighted by molar-refractivity contribution is -0.162. The predicted octanol–water partition coefficient (Wildman–Crippen LogP) is 4.66. The summed E-state index contributed by atoms with van der Waals surface area (Å²) in [4.78, 5) is 41.5. The number of aliphatic hydroxyl groups excluding tert-OH is 1. The fourth-order valence-corrected chi connectivity index (χ4v) is 12.8. The summed E-state index contributed by atoms with van der Waals surface area (Å²) in [6, 6.07) is 1.37. The van der Waals surface area contributed by atoms with Gasteiger partial charge in [0, 0.05) is 36.9 Å². The Morgan fingerprint density at radius 2 is 2.02 bits per heavy atom. The second kappa shape index (κ2) is 11.0. The van der Waals surface area contributed by atoms with Crippen molar-refractivity contribution < 1.29 is 43.4 Å². The second-order valence-corrected chi connectivity index (χ2v) is 16.7. The minimum atomic E-state index is -1.35. The number of nitrogens with zero attached hydrogens (tertiary/aromatic N) is 3. The molecule has 5 aliphatic rings. The number of benzene rings is 1. The van der Waals surface area contributed by atoms with E-state index < -0.39 is 63.1 Å². The van der Waals surface area contributed by atoms with E-state index in [9.17, 15) is 33.9 Å². The number of aliphatic carboxylic acids is 1. The van der Waals surface area contributed by atoms with Crippen LogP contribution < -0.4 is 0 Å². The van der Waals surface area contributed by atoms with E-state index in [0.29, 0.717) is 35.0 Å². The average molecular weight is 839 g/mol. The van der Waals surface area contributed by atoms with Gasteiger partial charge in [-0.1, -0.05) is 5.11 Å². The second-order valence-electron chi connectivity index (χ2n) is 12.8. The van der Waals surface area contributed by atoms with E-state index in [1.165, 1.54) is 6.07 Å². The number of carboxylic acid groups (broad SMARTS) is 1. The molecule has 10 atom stereocenters. The molecule has 4 saturated carbocycles. The van der Waals surface area contributed by atoms with Crippen LogP contribution in [-0.4, -0.2) is 67.3 Å². The Morgan fingerprint density at radius 1 is 1.28 bits per heavy atom. The van der Waals surface area contributed by atoms with Crippen molar-refractivity contribution in [3.8, 4) is 5.75 Å². The van der Waals surface area contributed by atoms with E-state index >= 15 is 0 Å². The lowest BCUT2D eigenvalue weighted by Crippen LogP contribution is -2.53. The highest BCUT2D eigenvalue weighted by Gasteiger charge is 2.83. The predicted molar refractivity (Wildman–Crippen MR) is 169 cm³/mol. The van der Waals surface area contributed by atoms with Gasteiger partial charge in [0.2, 0.25) is 0 Å². The maximum absolute atomic E-state index is 13.2. The van der Waals surface area contributed by atoms with Crippen molar-refractivity contribution in [2.75, 3.05) is 18.1 Å². The molecule has 6 rings (SSSR count). The van der Waals surface area contributed by atoms with Crippen LogP contribution in [0.25, 0.3) is 10.4 Å². The molecule has 1 aromatic rings. The molecule has 4 aliphatic carbocycles. The van der Waals surface area contributed by atoms with Crippen LogP contribution in [0.2, 0.25) is 0 Å². The first-order chi connectivity index (χ1) is 20.3. The quantitative estimate of drug-likeness (QED) is 0.110. The Labute approximate surface area is 277 Å². The largest absolute Gasteiger partial charge is 0.506 e. The molecule has 1 spiro atoms. The van der Waals surface area contributed by atoms with Crippen LogP contribution in [0.15, 0.2) is 11.2 Å². The molecule has 232 valence electrons. The zero-order valence-corrected chi connectivity index (χ0v) is 28.3. The fourth-order valence-electron chi connectivity index (χ4n) is 9.60. The number of carboxylic acids is 1. The Hall–Kier alpha value is -1.69. The van der Waals surface area contributed by atoms with E-state index in [1.54, 1.807) is 29.5 Å². The average Bonchev–Trinajstić information content (AvgIpc) is 3.43. The lowest BCUT2D eigenvalue weighted by Gasteiger charge is -2.44. The van der Waals surface area contributed by atoms with Crippen molar-refractivity contribution in [2.24, 2.45) is 45.5 Å². The smallest absolute Gasteiger partial charge is 0.342 e. The highest BCUT2D eigenvalue weighted by molar-refractivity contribution is 14.1. The van der Waals surface area contributed by atoms with Crippen molar-refractivity contribution in [2.45, 2.75) is 57.2 Å².